The molecule has 6 rings (SSSR count). The Labute approximate surface area is 264 Å². The van der Waals surface area contributed by atoms with Gasteiger partial charge in [0.1, 0.15) is 17.5 Å². The number of carbonyl (C=O) groups excluding carboxylic acids is 1. The summed E-state index contributed by atoms with van der Waals surface area (Å²) >= 11 is 0. The minimum Gasteiger partial charge on any atom is -0.399 e. The van der Waals surface area contributed by atoms with Crippen LogP contribution in [0.2, 0.25) is 0 Å². The van der Waals surface area contributed by atoms with Crippen LogP contribution in [0.5, 0.6) is 0 Å². The molecule has 0 aromatic heterocycles. The number of anilines is 1. The van der Waals surface area contributed by atoms with Crippen molar-refractivity contribution in [2.24, 2.45) is 21.5 Å². The number of amidine groups is 2. The number of nitrogen functional groups attached to an aromatic ring is 1. The molecule has 4 aliphatic rings. The summed E-state index contributed by atoms with van der Waals surface area (Å²) in [5.41, 5.74) is 19.0. The number of nitrogens with zero attached hydrogens (tertiary/aromatic N) is 2. The van der Waals surface area contributed by atoms with Crippen LogP contribution in [0.3, 0.4) is 0 Å². The molecular weight excluding hydrogens is 619 g/mol. The first-order valence-electron chi connectivity index (χ1n) is 14.7. The van der Waals surface area contributed by atoms with Gasteiger partial charge in [0.2, 0.25) is 0 Å². The number of Topliss-reactive ketones (excluding diaryl/α,β-unsaturated/α-hetero) is 1. The first-order valence-corrected chi connectivity index (χ1v) is 18.0. The highest BCUT2D eigenvalue weighted by molar-refractivity contribution is 7.94. The van der Waals surface area contributed by atoms with Gasteiger partial charge in [-0.2, -0.15) is 0 Å². The molecule has 0 unspecified atom stereocenters. The molecule has 2 saturated heterocycles. The fourth-order valence-electron chi connectivity index (χ4n) is 6.60. The van der Waals surface area contributed by atoms with E-state index in [2.05, 4.69) is 9.98 Å². The lowest BCUT2D eigenvalue weighted by Crippen LogP contribution is -2.58. The van der Waals surface area contributed by atoms with Crippen LogP contribution in [-0.2, 0) is 51.4 Å². The highest BCUT2D eigenvalue weighted by Crippen LogP contribution is 2.42. The Hall–Kier alpha value is -3.33. The molecule has 0 amide bonds. The molecule has 2 spiro atoms. The summed E-state index contributed by atoms with van der Waals surface area (Å²) < 4.78 is 59.8. The van der Waals surface area contributed by atoms with Crippen molar-refractivity contribution in [2.45, 2.75) is 60.6 Å². The maximum atomic E-state index is 13.0. The molecule has 0 aliphatic carbocycles. The van der Waals surface area contributed by atoms with Crippen molar-refractivity contribution in [3.63, 3.8) is 0 Å². The number of rotatable bonds is 4. The number of ether oxygens (including phenoxy) is 2. The molecule has 2 fully saturated rings. The lowest BCUT2D eigenvalue weighted by Gasteiger charge is -2.39. The van der Waals surface area contributed by atoms with Gasteiger partial charge in [-0.05, 0) is 62.4 Å². The van der Waals surface area contributed by atoms with E-state index in [1.54, 1.807) is 32.0 Å². The molecule has 4 aliphatic heterocycles. The van der Waals surface area contributed by atoms with Crippen LogP contribution in [0.1, 0.15) is 50.3 Å². The van der Waals surface area contributed by atoms with Gasteiger partial charge in [0, 0.05) is 25.3 Å². The van der Waals surface area contributed by atoms with Gasteiger partial charge in [0.15, 0.2) is 29.2 Å². The van der Waals surface area contributed by atoms with Gasteiger partial charge in [-0.25, -0.2) is 16.8 Å². The fourth-order valence-corrected chi connectivity index (χ4v) is 11.1. The fraction of sp³-hybridized carbons (Fsp3) is 0.516. The Balaban J connectivity index is 0.000000179. The van der Waals surface area contributed by atoms with E-state index in [9.17, 15) is 21.6 Å². The van der Waals surface area contributed by atoms with Gasteiger partial charge >= 0.3 is 0 Å². The number of sulfone groups is 2. The summed E-state index contributed by atoms with van der Waals surface area (Å²) in [5.74, 6) is 0.127. The monoisotopic (exact) mass is 659 g/mol. The highest BCUT2D eigenvalue weighted by Gasteiger charge is 2.57. The number of benzene rings is 2. The second-order valence-electron chi connectivity index (χ2n) is 12.9. The predicted octanol–water partition coefficient (Wildman–Crippen LogP) is 1.41. The van der Waals surface area contributed by atoms with Gasteiger partial charge in [0.05, 0.1) is 35.8 Å². The topological polar surface area (TPSA) is 207 Å². The van der Waals surface area contributed by atoms with Crippen LogP contribution < -0.4 is 17.2 Å². The van der Waals surface area contributed by atoms with Gasteiger partial charge in [0.25, 0.3) is 0 Å². The van der Waals surface area contributed by atoms with E-state index in [0.29, 0.717) is 38.2 Å². The summed E-state index contributed by atoms with van der Waals surface area (Å²) in [6.07, 6.45) is 1.04. The van der Waals surface area contributed by atoms with Crippen molar-refractivity contribution >= 4 is 42.8 Å². The van der Waals surface area contributed by atoms with E-state index in [0.717, 1.165) is 16.7 Å². The summed E-state index contributed by atoms with van der Waals surface area (Å²) in [6.45, 7) is 6.01. The van der Waals surface area contributed by atoms with E-state index in [1.165, 1.54) is 6.92 Å². The second-order valence-corrected chi connectivity index (χ2v) is 17.5. The minimum atomic E-state index is -3.51. The van der Waals surface area contributed by atoms with E-state index < -0.39 is 40.2 Å². The largest absolute Gasteiger partial charge is 0.399 e. The maximum absolute atomic E-state index is 13.0. The van der Waals surface area contributed by atoms with Crippen molar-refractivity contribution in [2.75, 3.05) is 43.7 Å². The molecule has 0 radical (unpaired) electrons. The third kappa shape index (κ3) is 5.77. The second kappa shape index (κ2) is 11.5. The lowest BCUT2D eigenvalue weighted by atomic mass is 9.91. The molecule has 45 heavy (non-hydrogen) atoms. The summed E-state index contributed by atoms with van der Waals surface area (Å²) in [5, 5.41) is 0. The van der Waals surface area contributed by atoms with Crippen molar-refractivity contribution in [1.82, 2.24) is 0 Å². The van der Waals surface area contributed by atoms with Gasteiger partial charge in [-0.3, -0.25) is 14.8 Å². The molecule has 2 aromatic carbocycles. The molecule has 12 nitrogen and oxygen atoms in total. The number of carbonyl (C=O) groups is 1. The van der Waals surface area contributed by atoms with Gasteiger partial charge in [-0.15, -0.1) is 0 Å². The summed E-state index contributed by atoms with van der Waals surface area (Å²) in [6, 6.07) is 14.5. The van der Waals surface area contributed by atoms with Crippen LogP contribution >= 0.6 is 0 Å². The zero-order chi connectivity index (χ0) is 32.9. The third-order valence-corrected chi connectivity index (χ3v) is 14.6. The zero-order valence-electron chi connectivity index (χ0n) is 25.8. The van der Waals surface area contributed by atoms with Crippen LogP contribution in [0, 0.1) is 0 Å². The molecule has 6 N–H and O–H groups in total. The molecule has 0 saturated carbocycles. The minimum absolute atomic E-state index is 0.0543. The Morgan fingerprint density at radius 3 is 1.64 bits per heavy atom. The SMILES string of the molecule is CC(=O)Cc1cccc([C@]2(C)CS(=O)(=O)[C@@]3(CCOC3)C(N)=N2)c1.C[C@@]1(c2cccc(N)c2)CS(=O)(=O)[C@@]2(CCOC2)C(N)=N1. The van der Waals surface area contributed by atoms with Crippen LogP contribution in [0.4, 0.5) is 5.69 Å². The predicted molar refractivity (Wildman–Crippen MR) is 174 cm³/mol. The number of ketones is 1. The lowest BCUT2D eigenvalue weighted by molar-refractivity contribution is -0.116. The molecule has 2 aromatic rings. The Morgan fingerprint density at radius 1 is 0.778 bits per heavy atom. The number of nitrogens with two attached hydrogens (primary N) is 3. The third-order valence-electron chi connectivity index (χ3n) is 9.28. The first kappa shape index (κ1) is 33.0. The van der Waals surface area contributed by atoms with Crippen LogP contribution in [0.15, 0.2) is 58.5 Å². The number of aliphatic imine (C=N–C) groups is 2. The molecule has 244 valence electrons. The highest BCUT2D eigenvalue weighted by atomic mass is 32.2. The molecule has 4 heterocycles. The van der Waals surface area contributed by atoms with Crippen molar-refractivity contribution in [3.8, 4) is 0 Å². The van der Waals surface area contributed by atoms with Crippen molar-refractivity contribution in [1.29, 1.82) is 0 Å². The summed E-state index contributed by atoms with van der Waals surface area (Å²) in [4.78, 5) is 20.5. The molecule has 4 atom stereocenters. The van der Waals surface area contributed by atoms with Gasteiger partial charge in [-0.1, -0.05) is 36.4 Å². The molecular formula is C31H41N5O7S2. The Morgan fingerprint density at radius 2 is 1.24 bits per heavy atom. The van der Waals surface area contributed by atoms with E-state index in [-0.39, 0.29) is 42.2 Å². The van der Waals surface area contributed by atoms with Gasteiger partial charge < -0.3 is 26.7 Å². The normalized spacial score (nSPS) is 33.2. The van der Waals surface area contributed by atoms with Crippen LogP contribution in [0.25, 0.3) is 0 Å². The quantitative estimate of drug-likeness (QED) is 0.402. The first-order chi connectivity index (χ1) is 21.0. The van der Waals surface area contributed by atoms with Crippen molar-refractivity contribution in [3.05, 3.63) is 65.2 Å². The molecule has 0 bridgehead atoms. The Kier molecular flexibility index (Phi) is 8.43. The molecule has 14 heteroatoms. The number of hydrogen-bond donors (Lipinski definition) is 3. The van der Waals surface area contributed by atoms with Crippen molar-refractivity contribution < 1.29 is 31.1 Å². The van der Waals surface area contributed by atoms with Crippen LogP contribution in [-0.4, -0.2) is 81.7 Å². The average molecular weight is 660 g/mol. The average Bonchev–Trinajstić information content (AvgIpc) is 3.64. The van der Waals surface area contributed by atoms with E-state index in [1.807, 2.05) is 30.3 Å². The number of hydrogen-bond acceptors (Lipinski definition) is 12. The smallest absolute Gasteiger partial charge is 0.168 e. The standard InChI is InChI=1S/C17H22N2O4S.C14H19N3O3S/c1-12(20)8-13-4-3-5-14(9-13)16(2)11-24(21,22)17(15(18)19-16)6-7-23-10-17;1-13(10-3-2-4-11(15)7-10)9-21(18,19)14(12(16)17-13)5-6-20-8-14/h3-5,9H,6-8,10-11H2,1-2H3,(H2,18,19);2-4,7H,5-6,8-9,15H2,1H3,(H2,16,17)/t16-,17+;13-,14+/m00/s1. The summed E-state index contributed by atoms with van der Waals surface area (Å²) in [7, 11) is -6.97. The van der Waals surface area contributed by atoms with E-state index >= 15 is 0 Å². The Bertz CT molecular complexity index is 1780. The zero-order valence-corrected chi connectivity index (χ0v) is 27.4. The van der Waals surface area contributed by atoms with E-state index in [4.69, 9.17) is 26.7 Å². The maximum Gasteiger partial charge on any atom is 0.168 e.